The largest absolute Gasteiger partial charge is 0.376 e. The second-order valence-electron chi connectivity index (χ2n) is 6.05. The highest BCUT2D eigenvalue weighted by atomic mass is 16.5. The molecule has 0 saturated carbocycles. The van der Waals surface area contributed by atoms with Crippen molar-refractivity contribution in [2.24, 2.45) is 5.73 Å². The van der Waals surface area contributed by atoms with Crippen LogP contribution in [0.3, 0.4) is 0 Å². The fourth-order valence-corrected chi connectivity index (χ4v) is 2.35. The molecule has 2 rings (SSSR count). The Morgan fingerprint density at radius 3 is 2.62 bits per heavy atom. The first-order valence-corrected chi connectivity index (χ1v) is 8.39. The van der Waals surface area contributed by atoms with E-state index in [0.717, 1.165) is 17.7 Å². The van der Waals surface area contributed by atoms with E-state index in [4.69, 9.17) is 10.5 Å². The average Bonchev–Trinajstić information content (AvgIpc) is 2.58. The van der Waals surface area contributed by atoms with E-state index in [0.29, 0.717) is 26.1 Å². The first-order valence-electron chi connectivity index (χ1n) is 8.39. The highest BCUT2D eigenvalue weighted by molar-refractivity contribution is 5.90. The van der Waals surface area contributed by atoms with Crippen molar-refractivity contribution in [2.75, 3.05) is 11.9 Å². The summed E-state index contributed by atoms with van der Waals surface area (Å²) in [4.78, 5) is 11.8. The van der Waals surface area contributed by atoms with Gasteiger partial charge in [-0.3, -0.25) is 4.79 Å². The van der Waals surface area contributed by atoms with E-state index in [1.807, 2.05) is 49.4 Å². The van der Waals surface area contributed by atoms with Gasteiger partial charge in [-0.15, -0.1) is 0 Å². The summed E-state index contributed by atoms with van der Waals surface area (Å²) in [6, 6.07) is 18.1. The third-order valence-corrected chi connectivity index (χ3v) is 3.68. The Morgan fingerprint density at radius 2 is 1.88 bits per heavy atom. The summed E-state index contributed by atoms with van der Waals surface area (Å²) in [5.41, 5.74) is 8.79. The maximum atomic E-state index is 11.8. The lowest BCUT2D eigenvalue weighted by molar-refractivity contribution is -0.116. The number of rotatable bonds is 9. The molecule has 0 fully saturated rings. The number of hydrogen-bond acceptors (Lipinski definition) is 3. The Bertz CT molecular complexity index is 627. The van der Waals surface area contributed by atoms with Crippen LogP contribution in [0.15, 0.2) is 54.6 Å². The van der Waals surface area contributed by atoms with Crippen LogP contribution in [0.25, 0.3) is 0 Å². The van der Waals surface area contributed by atoms with Crippen molar-refractivity contribution >= 4 is 11.6 Å². The van der Waals surface area contributed by atoms with Crippen molar-refractivity contribution in [3.63, 3.8) is 0 Å². The second kappa shape index (κ2) is 9.85. The summed E-state index contributed by atoms with van der Waals surface area (Å²) in [6.07, 6.45) is 2.03. The summed E-state index contributed by atoms with van der Waals surface area (Å²) >= 11 is 0. The molecule has 0 spiro atoms. The zero-order chi connectivity index (χ0) is 17.2. The maximum absolute atomic E-state index is 11.8. The average molecular weight is 326 g/mol. The van der Waals surface area contributed by atoms with E-state index < -0.39 is 0 Å². The van der Waals surface area contributed by atoms with Crippen LogP contribution < -0.4 is 11.1 Å². The number of hydrogen-bond donors (Lipinski definition) is 2. The van der Waals surface area contributed by atoms with E-state index in [9.17, 15) is 4.79 Å². The molecule has 0 aliphatic carbocycles. The predicted octanol–water partition coefficient (Wildman–Crippen LogP) is 3.51. The van der Waals surface area contributed by atoms with Crippen LogP contribution in [0, 0.1) is 0 Å². The molecule has 4 nitrogen and oxygen atoms in total. The molecule has 0 aliphatic rings. The van der Waals surface area contributed by atoms with E-state index in [2.05, 4.69) is 17.4 Å². The van der Waals surface area contributed by atoms with Gasteiger partial charge in [0.15, 0.2) is 0 Å². The van der Waals surface area contributed by atoms with Crippen LogP contribution in [-0.4, -0.2) is 18.6 Å². The molecule has 0 saturated heterocycles. The van der Waals surface area contributed by atoms with E-state index in [1.165, 1.54) is 5.56 Å². The van der Waals surface area contributed by atoms with E-state index >= 15 is 0 Å². The van der Waals surface area contributed by atoms with Crippen LogP contribution in [-0.2, 0) is 22.6 Å². The first kappa shape index (κ1) is 18.2. The third kappa shape index (κ3) is 6.94. The Morgan fingerprint density at radius 1 is 1.12 bits per heavy atom. The van der Waals surface area contributed by atoms with E-state index in [1.54, 1.807) is 0 Å². The predicted molar refractivity (Wildman–Crippen MR) is 97.8 cm³/mol. The lowest BCUT2D eigenvalue weighted by atomic mass is 10.1. The van der Waals surface area contributed by atoms with Crippen molar-refractivity contribution in [3.8, 4) is 0 Å². The number of amides is 1. The quantitative estimate of drug-likeness (QED) is 0.693. The zero-order valence-electron chi connectivity index (χ0n) is 14.2. The van der Waals surface area contributed by atoms with Gasteiger partial charge in [-0.1, -0.05) is 42.5 Å². The molecule has 1 amide bonds. The number of nitrogens with two attached hydrogens (primary N) is 1. The van der Waals surface area contributed by atoms with Crippen molar-refractivity contribution in [2.45, 2.75) is 38.8 Å². The number of benzene rings is 2. The number of carbonyl (C=O) groups is 1. The van der Waals surface area contributed by atoms with Crippen LogP contribution in [0.2, 0.25) is 0 Å². The SMILES string of the molecule is CC(N)CCC(=O)Nc1cccc(COCCc2ccccc2)c1. The van der Waals surface area contributed by atoms with Gasteiger partial charge in [-0.25, -0.2) is 0 Å². The fourth-order valence-electron chi connectivity index (χ4n) is 2.35. The normalized spacial score (nSPS) is 11.9. The molecule has 0 heterocycles. The molecule has 0 bridgehead atoms. The summed E-state index contributed by atoms with van der Waals surface area (Å²) in [7, 11) is 0. The van der Waals surface area contributed by atoms with Crippen molar-refractivity contribution in [1.29, 1.82) is 0 Å². The fraction of sp³-hybridized carbons (Fsp3) is 0.350. The van der Waals surface area contributed by atoms with Crippen molar-refractivity contribution < 1.29 is 9.53 Å². The van der Waals surface area contributed by atoms with Gasteiger partial charge < -0.3 is 15.8 Å². The van der Waals surface area contributed by atoms with Gasteiger partial charge in [-0.05, 0) is 43.0 Å². The smallest absolute Gasteiger partial charge is 0.224 e. The standard InChI is InChI=1S/C20H26N2O2/c1-16(21)10-11-20(23)22-19-9-5-8-18(14-19)15-24-13-12-17-6-3-2-4-7-17/h2-9,14,16H,10-13,15,21H2,1H3,(H,22,23). The molecule has 24 heavy (non-hydrogen) atoms. The minimum absolute atomic E-state index is 0.00514. The Kier molecular flexibility index (Phi) is 7.46. The van der Waals surface area contributed by atoms with Crippen molar-refractivity contribution in [1.82, 2.24) is 0 Å². The molecule has 0 aromatic heterocycles. The van der Waals surface area contributed by atoms with Gasteiger partial charge in [0.2, 0.25) is 5.91 Å². The zero-order valence-corrected chi connectivity index (χ0v) is 14.2. The lowest BCUT2D eigenvalue weighted by Gasteiger charge is -2.09. The van der Waals surface area contributed by atoms with Gasteiger partial charge in [0.05, 0.1) is 13.2 Å². The summed E-state index contributed by atoms with van der Waals surface area (Å²) in [5.74, 6) is -0.00514. The molecule has 0 radical (unpaired) electrons. The monoisotopic (exact) mass is 326 g/mol. The van der Waals surface area contributed by atoms with E-state index in [-0.39, 0.29) is 11.9 Å². The topological polar surface area (TPSA) is 64.4 Å². The number of nitrogens with one attached hydrogen (secondary N) is 1. The number of ether oxygens (including phenoxy) is 1. The molecule has 2 aromatic carbocycles. The Hall–Kier alpha value is -2.17. The number of anilines is 1. The lowest BCUT2D eigenvalue weighted by Crippen LogP contribution is -2.19. The summed E-state index contributed by atoms with van der Waals surface area (Å²) < 4.78 is 5.73. The highest BCUT2D eigenvalue weighted by Crippen LogP contribution is 2.13. The second-order valence-corrected chi connectivity index (χ2v) is 6.05. The molecule has 2 aromatic rings. The number of carbonyl (C=O) groups excluding carboxylic acids is 1. The molecular weight excluding hydrogens is 300 g/mol. The van der Waals surface area contributed by atoms with Gasteiger partial charge in [-0.2, -0.15) is 0 Å². The van der Waals surface area contributed by atoms with Crippen molar-refractivity contribution in [3.05, 3.63) is 65.7 Å². The van der Waals surface area contributed by atoms with Crippen LogP contribution >= 0.6 is 0 Å². The minimum Gasteiger partial charge on any atom is -0.376 e. The molecule has 3 N–H and O–H groups in total. The van der Waals surface area contributed by atoms with Gasteiger partial charge in [0.25, 0.3) is 0 Å². The minimum atomic E-state index is -0.00514. The van der Waals surface area contributed by atoms with Crippen LogP contribution in [0.5, 0.6) is 0 Å². The summed E-state index contributed by atoms with van der Waals surface area (Å²) in [6.45, 7) is 3.12. The third-order valence-electron chi connectivity index (χ3n) is 3.68. The van der Waals surface area contributed by atoms with Gasteiger partial charge in [0, 0.05) is 18.2 Å². The van der Waals surface area contributed by atoms with Crippen LogP contribution in [0.4, 0.5) is 5.69 Å². The Balaban J connectivity index is 1.74. The first-order chi connectivity index (χ1) is 11.6. The molecule has 128 valence electrons. The molecule has 4 heteroatoms. The Labute approximate surface area is 144 Å². The maximum Gasteiger partial charge on any atom is 0.224 e. The molecule has 1 atom stereocenters. The molecular formula is C20H26N2O2. The van der Waals surface area contributed by atoms with Gasteiger partial charge in [0.1, 0.15) is 0 Å². The van der Waals surface area contributed by atoms with Gasteiger partial charge >= 0.3 is 0 Å². The molecule has 1 unspecified atom stereocenters. The highest BCUT2D eigenvalue weighted by Gasteiger charge is 2.05. The summed E-state index contributed by atoms with van der Waals surface area (Å²) in [5, 5.41) is 2.90. The molecule has 0 aliphatic heterocycles. The van der Waals surface area contributed by atoms with Crippen LogP contribution in [0.1, 0.15) is 30.9 Å².